The number of benzene rings is 2. The fourth-order valence-corrected chi connectivity index (χ4v) is 3.62. The van der Waals surface area contributed by atoms with Gasteiger partial charge in [-0.05, 0) is 37.3 Å². The average Bonchev–Trinajstić information content (AvgIpc) is 3.31. The number of nitrogens with zero attached hydrogens (tertiary/aromatic N) is 2. The Morgan fingerprint density at radius 1 is 1.23 bits per heavy atom. The van der Waals surface area contributed by atoms with Crippen LogP contribution in [0.5, 0.6) is 11.5 Å². The molecule has 0 aromatic heterocycles. The quantitative estimate of drug-likeness (QED) is 0.676. The number of anilines is 3. The summed E-state index contributed by atoms with van der Waals surface area (Å²) in [5, 5.41) is 6.10. The Morgan fingerprint density at radius 2 is 2.06 bits per heavy atom. The first-order chi connectivity index (χ1) is 14.8. The number of halogens is 3. The molecule has 3 heterocycles. The van der Waals surface area contributed by atoms with Crippen LogP contribution >= 0.6 is 0 Å². The van der Waals surface area contributed by atoms with E-state index in [9.17, 15) is 13.2 Å². The fraction of sp³-hybridized carbons (Fsp3) is 0.250. The number of fused-ring (bicyclic) bond motifs is 3. The lowest BCUT2D eigenvalue weighted by atomic mass is 10.1. The van der Waals surface area contributed by atoms with Crippen LogP contribution in [0.1, 0.15) is 12.5 Å². The van der Waals surface area contributed by atoms with Crippen LogP contribution in [0.15, 0.2) is 52.8 Å². The van der Waals surface area contributed by atoms with Crippen molar-refractivity contribution in [2.24, 2.45) is 4.99 Å². The van der Waals surface area contributed by atoms with Gasteiger partial charge in [0.2, 0.25) is 0 Å². The molecule has 1 unspecified atom stereocenters. The summed E-state index contributed by atoms with van der Waals surface area (Å²) in [6, 6.07) is 8.84. The molecule has 8 nitrogen and oxygen atoms in total. The van der Waals surface area contributed by atoms with Gasteiger partial charge in [0.1, 0.15) is 17.3 Å². The normalized spacial score (nSPS) is 21.4. The summed E-state index contributed by atoms with van der Waals surface area (Å²) < 4.78 is 50.6. The Balaban J connectivity index is 1.57. The number of rotatable bonds is 4. The highest BCUT2D eigenvalue weighted by Crippen LogP contribution is 2.43. The highest BCUT2D eigenvalue weighted by atomic mass is 19.4. The van der Waals surface area contributed by atoms with Gasteiger partial charge in [-0.25, -0.2) is 15.3 Å². The van der Waals surface area contributed by atoms with Crippen LogP contribution in [0.4, 0.5) is 30.2 Å². The Morgan fingerprint density at radius 3 is 2.84 bits per heavy atom. The van der Waals surface area contributed by atoms with E-state index in [1.54, 1.807) is 17.2 Å². The van der Waals surface area contributed by atoms with E-state index in [0.29, 0.717) is 24.0 Å². The van der Waals surface area contributed by atoms with Crippen molar-refractivity contribution in [3.8, 4) is 11.5 Å². The van der Waals surface area contributed by atoms with Crippen molar-refractivity contribution in [3.05, 3.63) is 53.4 Å². The standard InChI is InChI=1S/C20H18F3N5O3/c1-11-9-25-20(26-13-5-12(19(21,22)23)6-15(7-13)29-2)28(18(11)27-31-20)14-3-4-17-16(8-14)24-10-30-17/h3-9,24,26-27H,10H2,1-2H3. The molecule has 1 atom stereocenters. The Kier molecular flexibility index (Phi) is 4.19. The second-order valence-corrected chi connectivity index (χ2v) is 7.16. The molecule has 3 aliphatic heterocycles. The molecule has 5 rings (SSSR count). The molecule has 0 spiro atoms. The smallest absolute Gasteiger partial charge is 0.416 e. The molecule has 0 radical (unpaired) electrons. The van der Waals surface area contributed by atoms with E-state index in [-0.39, 0.29) is 11.4 Å². The predicted octanol–water partition coefficient (Wildman–Crippen LogP) is 3.86. The van der Waals surface area contributed by atoms with Gasteiger partial charge in [0, 0.05) is 23.5 Å². The maximum absolute atomic E-state index is 13.4. The van der Waals surface area contributed by atoms with E-state index in [1.807, 2.05) is 19.1 Å². The van der Waals surface area contributed by atoms with Gasteiger partial charge in [-0.2, -0.15) is 13.2 Å². The fourth-order valence-electron chi connectivity index (χ4n) is 3.62. The van der Waals surface area contributed by atoms with Gasteiger partial charge in [0.15, 0.2) is 6.73 Å². The van der Waals surface area contributed by atoms with Crippen molar-refractivity contribution in [2.75, 3.05) is 29.4 Å². The molecule has 11 heteroatoms. The van der Waals surface area contributed by atoms with Crippen LogP contribution in [0.2, 0.25) is 0 Å². The third kappa shape index (κ3) is 3.17. The third-order valence-corrected chi connectivity index (χ3v) is 5.11. The van der Waals surface area contributed by atoms with Crippen molar-refractivity contribution in [1.29, 1.82) is 0 Å². The molecular weight excluding hydrogens is 415 g/mol. The molecule has 162 valence electrons. The topological polar surface area (TPSA) is 79.4 Å². The maximum Gasteiger partial charge on any atom is 0.416 e. The van der Waals surface area contributed by atoms with Crippen molar-refractivity contribution in [3.63, 3.8) is 0 Å². The lowest BCUT2D eigenvalue weighted by molar-refractivity contribution is -0.137. The van der Waals surface area contributed by atoms with Gasteiger partial charge in [0.05, 0.1) is 24.0 Å². The molecule has 2 aromatic carbocycles. The van der Waals surface area contributed by atoms with Crippen molar-refractivity contribution >= 4 is 23.3 Å². The molecule has 0 aliphatic carbocycles. The molecule has 3 aliphatic rings. The number of alkyl halides is 3. The van der Waals surface area contributed by atoms with E-state index in [2.05, 4.69) is 21.1 Å². The number of ether oxygens (including phenoxy) is 2. The first kappa shape index (κ1) is 19.4. The van der Waals surface area contributed by atoms with Gasteiger partial charge in [-0.15, -0.1) is 0 Å². The van der Waals surface area contributed by atoms with Crippen LogP contribution in [0.25, 0.3) is 0 Å². The zero-order valence-corrected chi connectivity index (χ0v) is 16.5. The number of hydroxylamine groups is 1. The van der Waals surface area contributed by atoms with Crippen LogP contribution in [0, 0.1) is 0 Å². The Bertz CT molecular complexity index is 1120. The SMILES string of the molecule is COc1cc(NC23N=CC(C)=C(NO2)N3c2ccc3c(c2)NCO3)cc(C(F)(F)F)c1. The van der Waals surface area contributed by atoms with E-state index in [1.165, 1.54) is 13.2 Å². The summed E-state index contributed by atoms with van der Waals surface area (Å²) in [4.78, 5) is 12.0. The first-order valence-corrected chi connectivity index (χ1v) is 9.35. The summed E-state index contributed by atoms with van der Waals surface area (Å²) in [5.41, 5.74) is 4.38. The van der Waals surface area contributed by atoms with Crippen LogP contribution < -0.4 is 30.5 Å². The number of hydrogen-bond donors (Lipinski definition) is 3. The molecule has 2 bridgehead atoms. The minimum atomic E-state index is -4.54. The van der Waals surface area contributed by atoms with Gasteiger partial charge < -0.3 is 20.1 Å². The van der Waals surface area contributed by atoms with Gasteiger partial charge in [0.25, 0.3) is 0 Å². The van der Waals surface area contributed by atoms with Crippen molar-refractivity contribution in [2.45, 2.75) is 19.1 Å². The van der Waals surface area contributed by atoms with Crippen LogP contribution in [-0.2, 0) is 11.0 Å². The molecule has 0 amide bonds. The monoisotopic (exact) mass is 433 g/mol. The highest BCUT2D eigenvalue weighted by Gasteiger charge is 2.50. The average molecular weight is 433 g/mol. The second kappa shape index (κ2) is 6.71. The zero-order valence-electron chi connectivity index (χ0n) is 16.5. The number of allylic oxidation sites excluding steroid dienone is 1. The molecule has 1 fully saturated rings. The summed E-state index contributed by atoms with van der Waals surface area (Å²) >= 11 is 0. The minimum absolute atomic E-state index is 0.0526. The lowest BCUT2D eigenvalue weighted by Crippen LogP contribution is -2.51. The highest BCUT2D eigenvalue weighted by molar-refractivity contribution is 5.85. The summed E-state index contributed by atoms with van der Waals surface area (Å²) in [6.45, 7) is 2.21. The summed E-state index contributed by atoms with van der Waals surface area (Å²) in [7, 11) is 1.31. The molecule has 31 heavy (non-hydrogen) atoms. The Labute approximate surface area is 175 Å². The third-order valence-electron chi connectivity index (χ3n) is 5.11. The predicted molar refractivity (Wildman–Crippen MR) is 108 cm³/mol. The largest absolute Gasteiger partial charge is 0.497 e. The van der Waals surface area contributed by atoms with Gasteiger partial charge in [-0.3, -0.25) is 4.90 Å². The minimum Gasteiger partial charge on any atom is -0.497 e. The molecular formula is C20H18F3N5O3. The maximum atomic E-state index is 13.4. The van der Waals surface area contributed by atoms with E-state index >= 15 is 0 Å². The van der Waals surface area contributed by atoms with E-state index in [4.69, 9.17) is 14.3 Å². The number of nitrogens with one attached hydrogen (secondary N) is 3. The van der Waals surface area contributed by atoms with Crippen molar-refractivity contribution < 1.29 is 27.5 Å². The van der Waals surface area contributed by atoms with E-state index in [0.717, 1.165) is 23.4 Å². The van der Waals surface area contributed by atoms with Gasteiger partial charge in [-0.1, -0.05) is 0 Å². The zero-order chi connectivity index (χ0) is 21.8. The Hall–Kier alpha value is -3.60. The lowest BCUT2D eigenvalue weighted by Gasteiger charge is -2.36. The molecule has 2 aromatic rings. The molecule has 3 N–H and O–H groups in total. The van der Waals surface area contributed by atoms with Gasteiger partial charge >= 0.3 is 12.1 Å². The summed E-state index contributed by atoms with van der Waals surface area (Å²) in [6.07, 6.45) is -2.95. The second-order valence-electron chi connectivity index (χ2n) is 7.16. The number of aliphatic imine (C=N–C) groups is 1. The van der Waals surface area contributed by atoms with Crippen molar-refractivity contribution in [1.82, 2.24) is 5.48 Å². The summed E-state index contributed by atoms with van der Waals surface area (Å²) in [5.74, 6) is -0.171. The first-order valence-electron chi connectivity index (χ1n) is 9.35. The van der Waals surface area contributed by atoms with Crippen LogP contribution in [-0.4, -0.2) is 26.0 Å². The number of methoxy groups -OCH3 is 1. The molecule has 1 saturated heterocycles. The van der Waals surface area contributed by atoms with Crippen LogP contribution in [0.3, 0.4) is 0 Å². The number of hydrogen-bond acceptors (Lipinski definition) is 8. The van der Waals surface area contributed by atoms with E-state index < -0.39 is 17.7 Å². The molecule has 0 saturated carbocycles.